The average molecular weight is 2160 g/mol. The van der Waals surface area contributed by atoms with Crippen LogP contribution in [0.4, 0.5) is 13.2 Å². The number of imidazole rings is 4. The quantitative estimate of drug-likeness (QED) is 0.127. The number of hydrogen-bond donors (Lipinski definition) is 0. The van der Waals surface area contributed by atoms with Crippen molar-refractivity contribution in [3.05, 3.63) is 298 Å². The van der Waals surface area contributed by atoms with Crippen LogP contribution in [0.15, 0.2) is 210 Å². The Morgan fingerprint density at radius 2 is 0.560 bits per heavy atom. The zero-order chi connectivity index (χ0) is 79.8. The van der Waals surface area contributed by atoms with Gasteiger partial charge in [0.1, 0.15) is 64.1 Å². The Morgan fingerprint density at radius 1 is 0.275 bits per heavy atom. The van der Waals surface area contributed by atoms with Crippen LogP contribution < -0.4 is 0 Å². The molecule has 0 radical (unpaired) electrons. The maximum absolute atomic E-state index is 13.7. The Kier molecular flexibility index (Phi) is 59.9. The van der Waals surface area contributed by atoms with Gasteiger partial charge in [-0.2, -0.15) is 0 Å². The number of aromatic nitrogens is 16. The molecule has 542 valence electrons. The number of halogens is 3. The van der Waals surface area contributed by atoms with Crippen molar-refractivity contribution < 1.29 is 102 Å². The summed E-state index contributed by atoms with van der Waals surface area (Å²) < 4.78 is 58.5. The summed E-state index contributed by atoms with van der Waals surface area (Å²) in [6.45, 7) is 57.0. The first-order chi connectivity index (χ1) is 51.5. The molecule has 0 spiro atoms. The Balaban J connectivity index is -0.000000296. The predicted octanol–water partition coefficient (Wildman–Crippen LogP) is 13.2. The van der Waals surface area contributed by atoms with E-state index in [1.165, 1.54) is 37.1 Å². The van der Waals surface area contributed by atoms with Gasteiger partial charge in [-0.05, 0) is 72.8 Å². The Hall–Kier alpha value is -14.6. The van der Waals surface area contributed by atoms with Crippen LogP contribution in [0.5, 0.6) is 0 Å². The standard InChI is InChI=1S/C21H17N5.C15H8F3N3.C13H13N5.C11H7N3O2.12CN.4Ir/c1-25-18-12-5-3-8-14(18)23-20(25)16-10-7-11-17(22-16)21-24-15-9-4-6-13-19(15)26(21)2;16-9-1-3-19-12(5-9)14-7-11(18)8-15(21-14)13-6-10(17)2-4-20-13;1-17-8-6-14-12(17)10-4-3-5-11(16-10)13-15-7-9-18(13)2;1-2-8(10-12-4-6-15-10)14-9(3-1)11-13-5-7-16-11;12*1-2;;;;/h3-13H,1-2H3;1-8H;3-9H,1-2H3;1-7H;;;;;;;;;;;;;;;;/q;;;;12*-1;4*+3. The van der Waals surface area contributed by atoms with Crippen LogP contribution >= 0.6 is 0 Å². The van der Waals surface area contributed by atoms with Crippen LogP contribution in [0.25, 0.3) is 114 Å². The van der Waals surface area contributed by atoms with Gasteiger partial charge in [0, 0.05) is 89.6 Å². The molecule has 0 saturated carbocycles. The molecule has 30 nitrogen and oxygen atoms in total. The molecule has 12 aromatic heterocycles. The van der Waals surface area contributed by atoms with Gasteiger partial charge in [-0.15, -0.1) is 0 Å². The summed E-state index contributed by atoms with van der Waals surface area (Å²) in [6.07, 6.45) is 16.0. The van der Waals surface area contributed by atoms with Gasteiger partial charge in [-0.25, -0.2) is 63.0 Å². The van der Waals surface area contributed by atoms with Crippen molar-refractivity contribution in [2.45, 2.75) is 0 Å². The van der Waals surface area contributed by atoms with E-state index in [4.69, 9.17) is 166 Å². The topological polar surface area (TPSA) is 486 Å². The first-order valence-corrected chi connectivity index (χ1v) is 27.6. The van der Waals surface area contributed by atoms with Gasteiger partial charge in [-0.1, -0.05) is 42.5 Å². The third-order valence-electron chi connectivity index (χ3n) is 12.4. The average Bonchev–Trinajstić information content (AvgIpc) is 1.65. The molecule has 0 aliphatic carbocycles. The molecule has 0 fully saturated rings. The van der Waals surface area contributed by atoms with Crippen molar-refractivity contribution in [3.63, 3.8) is 0 Å². The normalized spacial score (nSPS) is 8.32. The SMILES string of the molecule is Cn1c(-c2cccc(-c3nc4ccccc4n3C)n2)nc2ccccc21.Cn1ccnc1-c1cccc(-c2nccn2C)n1.Fc1ccnc(-c2cc(F)cc(-c3cc(F)ccn3)n2)c1.[C-]#N.[C-]#N.[C-]#N.[C-]#N.[C-]#N.[C-]#N.[C-]#N.[C-]#N.[C-]#N.[C-]#N.[C-]#N.[C-]#N.[Ir+3].[Ir+3].[Ir+3].[Ir+3].c1cc(-c2ncco2)nc(-c2ncco2)c1. The summed E-state index contributed by atoms with van der Waals surface area (Å²) in [5.74, 6) is 2.78. The molecular formula is C72H45F3Ir4N28O2. The van der Waals surface area contributed by atoms with E-state index in [0.717, 1.165) is 92.4 Å². The number of para-hydroxylation sites is 4. The van der Waals surface area contributed by atoms with E-state index in [1.54, 1.807) is 24.8 Å². The Bertz CT molecular complexity index is 4740. The van der Waals surface area contributed by atoms with Gasteiger partial charge >= 0.3 is 80.4 Å². The van der Waals surface area contributed by atoms with Crippen LogP contribution in [0.1, 0.15) is 0 Å². The number of oxazole rings is 2. The first kappa shape index (κ1) is 105. The van der Waals surface area contributed by atoms with E-state index in [-0.39, 0.29) is 103 Å². The van der Waals surface area contributed by atoms with Crippen LogP contribution in [0, 0.1) is 159 Å². The van der Waals surface area contributed by atoms with Crippen molar-refractivity contribution >= 4 is 22.1 Å². The molecule has 0 atom stereocenters. The van der Waals surface area contributed by atoms with Gasteiger partial charge in [0.05, 0.1) is 57.2 Å². The third kappa shape index (κ3) is 30.7. The zero-order valence-corrected chi connectivity index (χ0v) is 65.9. The Morgan fingerprint density at radius 3 is 0.844 bits per heavy atom. The second-order valence-electron chi connectivity index (χ2n) is 17.9. The fraction of sp³-hybridized carbons (Fsp3) is 0.0556. The van der Waals surface area contributed by atoms with E-state index in [2.05, 4.69) is 66.1 Å². The molecular weight excluding hydrogens is 2110 g/mol. The molecule has 0 amide bonds. The zero-order valence-electron chi connectivity index (χ0n) is 56.4. The molecule has 0 bridgehead atoms. The third-order valence-corrected chi connectivity index (χ3v) is 12.4. The largest absolute Gasteiger partial charge is 3.00 e. The van der Waals surface area contributed by atoms with Crippen molar-refractivity contribution in [1.82, 2.24) is 78.1 Å². The van der Waals surface area contributed by atoms with Gasteiger partial charge < -0.3 is 169 Å². The summed E-state index contributed by atoms with van der Waals surface area (Å²) in [7, 11) is 7.96. The predicted molar refractivity (Wildman–Crippen MR) is 358 cm³/mol. The van der Waals surface area contributed by atoms with Gasteiger partial charge in [0.2, 0.25) is 11.8 Å². The summed E-state index contributed by atoms with van der Waals surface area (Å²) in [4.78, 5) is 52.0. The van der Waals surface area contributed by atoms with Gasteiger partial charge in [0.25, 0.3) is 0 Å². The van der Waals surface area contributed by atoms with E-state index < -0.39 is 17.5 Å². The van der Waals surface area contributed by atoms with Gasteiger partial charge in [-0.3, -0.25) is 9.97 Å². The van der Waals surface area contributed by atoms with E-state index in [1.807, 2.05) is 141 Å². The molecule has 0 N–H and O–H groups in total. The maximum Gasteiger partial charge on any atom is 3.00 e. The molecule has 0 aliphatic heterocycles. The summed E-state index contributed by atoms with van der Waals surface area (Å²) in [6, 6.07) is 40.5. The minimum Gasteiger partial charge on any atom is -0.512 e. The smallest absolute Gasteiger partial charge is 0.512 e. The molecule has 37 heteroatoms. The molecule has 0 unspecified atom stereocenters. The minimum atomic E-state index is -0.591. The molecule has 2 aromatic carbocycles. The summed E-state index contributed by atoms with van der Waals surface area (Å²) in [5, 5.41) is 75.0. The van der Waals surface area contributed by atoms with Crippen molar-refractivity contribution in [2.75, 3.05) is 0 Å². The van der Waals surface area contributed by atoms with Crippen molar-refractivity contribution in [1.29, 1.82) is 63.1 Å². The number of nitrogens with zero attached hydrogens (tertiary/aromatic N) is 28. The number of pyridine rings is 6. The van der Waals surface area contributed by atoms with Crippen LogP contribution in [-0.4, -0.2) is 78.1 Å². The second-order valence-corrected chi connectivity index (χ2v) is 17.9. The minimum absolute atomic E-state index is 0. The molecule has 14 rings (SSSR count). The molecule has 14 aromatic rings. The fourth-order valence-corrected chi connectivity index (χ4v) is 8.56. The van der Waals surface area contributed by atoms with E-state index in [0.29, 0.717) is 23.2 Å². The number of fused-ring (bicyclic) bond motifs is 2. The second kappa shape index (κ2) is 62.0. The number of hydrogen-bond acceptors (Lipinski definition) is 26. The molecule has 0 saturated heterocycles. The summed E-state index contributed by atoms with van der Waals surface area (Å²) >= 11 is 0. The van der Waals surface area contributed by atoms with Gasteiger partial charge in [0.15, 0.2) is 23.3 Å². The molecule has 0 aliphatic rings. The monoisotopic (exact) mass is 2160 g/mol. The van der Waals surface area contributed by atoms with Crippen LogP contribution in [0.2, 0.25) is 0 Å². The van der Waals surface area contributed by atoms with Crippen LogP contribution in [0.3, 0.4) is 0 Å². The number of aryl methyl sites for hydroxylation is 4. The Labute approximate surface area is 678 Å². The fourth-order valence-electron chi connectivity index (χ4n) is 8.56. The van der Waals surface area contributed by atoms with Crippen molar-refractivity contribution in [3.8, 4) is 92.0 Å². The van der Waals surface area contributed by atoms with Crippen molar-refractivity contribution in [2.24, 2.45) is 28.2 Å². The first-order valence-electron chi connectivity index (χ1n) is 27.6. The maximum atomic E-state index is 13.7. The number of benzene rings is 2. The number of rotatable bonds is 8. The summed E-state index contributed by atoms with van der Waals surface area (Å²) in [5.41, 5.74) is 9.49. The molecule has 12 heterocycles. The van der Waals surface area contributed by atoms with E-state index in [9.17, 15) is 13.2 Å². The van der Waals surface area contributed by atoms with Crippen LogP contribution in [-0.2, 0) is 109 Å². The van der Waals surface area contributed by atoms with E-state index >= 15 is 0 Å². The molecule has 109 heavy (non-hydrogen) atoms.